The Labute approximate surface area is 200 Å². The van der Waals surface area contributed by atoms with Gasteiger partial charge in [0.1, 0.15) is 12.4 Å². The number of amides is 1. The zero-order valence-corrected chi connectivity index (χ0v) is 19.9. The lowest BCUT2D eigenvalue weighted by molar-refractivity contribution is 0.103. The average molecular weight is 486 g/mol. The first-order chi connectivity index (χ1) is 15.4. The van der Waals surface area contributed by atoms with Gasteiger partial charge in [-0.2, -0.15) is 5.10 Å². The molecule has 1 N–H and O–H groups in total. The number of halogens is 2. The van der Waals surface area contributed by atoms with E-state index in [0.717, 1.165) is 22.4 Å². The summed E-state index contributed by atoms with van der Waals surface area (Å²) >= 11 is 13.4. The molecule has 0 fully saturated rings. The summed E-state index contributed by atoms with van der Waals surface area (Å²) in [6, 6.07) is 15.0. The molecule has 0 aliphatic carbocycles. The first kappa shape index (κ1) is 22.4. The van der Waals surface area contributed by atoms with Crippen molar-refractivity contribution >= 4 is 46.3 Å². The third-order valence-corrected chi connectivity index (χ3v) is 6.75. The summed E-state index contributed by atoms with van der Waals surface area (Å²) in [7, 11) is 0. The Morgan fingerprint density at radius 3 is 2.75 bits per heavy atom. The van der Waals surface area contributed by atoms with E-state index in [4.69, 9.17) is 27.9 Å². The van der Waals surface area contributed by atoms with Gasteiger partial charge in [0.2, 0.25) is 0 Å². The SMILES string of the molecule is Cc1cccc(OCc2csc(C(=O)Nc3ccn(Cc4ccc(Cl)c(Cl)c4)n3)c2)c1C. The molecule has 164 valence electrons. The van der Waals surface area contributed by atoms with Crippen molar-refractivity contribution < 1.29 is 9.53 Å². The van der Waals surface area contributed by atoms with Crippen LogP contribution in [0, 0.1) is 13.8 Å². The fourth-order valence-electron chi connectivity index (χ4n) is 3.13. The molecule has 1 amide bonds. The lowest BCUT2D eigenvalue weighted by atomic mass is 10.1. The van der Waals surface area contributed by atoms with E-state index in [9.17, 15) is 4.79 Å². The van der Waals surface area contributed by atoms with Crippen LogP contribution in [0.5, 0.6) is 5.75 Å². The number of carbonyl (C=O) groups excluding carboxylic acids is 1. The molecular weight excluding hydrogens is 465 g/mol. The highest BCUT2D eigenvalue weighted by Crippen LogP contribution is 2.24. The fourth-order valence-corrected chi connectivity index (χ4v) is 4.24. The van der Waals surface area contributed by atoms with E-state index in [1.54, 1.807) is 29.1 Å². The highest BCUT2D eigenvalue weighted by atomic mass is 35.5. The third-order valence-electron chi connectivity index (χ3n) is 5.04. The number of thiophene rings is 1. The lowest BCUT2D eigenvalue weighted by Gasteiger charge is -2.09. The Kier molecular flexibility index (Phi) is 6.84. The minimum absolute atomic E-state index is 0.201. The number of nitrogens with zero attached hydrogens (tertiary/aromatic N) is 2. The molecule has 0 saturated carbocycles. The van der Waals surface area contributed by atoms with Crippen molar-refractivity contribution in [1.82, 2.24) is 9.78 Å². The maximum absolute atomic E-state index is 12.6. The van der Waals surface area contributed by atoms with Gasteiger partial charge < -0.3 is 10.1 Å². The van der Waals surface area contributed by atoms with Crippen molar-refractivity contribution in [3.63, 3.8) is 0 Å². The summed E-state index contributed by atoms with van der Waals surface area (Å²) in [5.74, 6) is 1.14. The summed E-state index contributed by atoms with van der Waals surface area (Å²) in [5.41, 5.74) is 4.22. The van der Waals surface area contributed by atoms with Gasteiger partial charge in [0.05, 0.1) is 21.5 Å². The van der Waals surface area contributed by atoms with Crippen LogP contribution in [0.15, 0.2) is 60.1 Å². The number of aryl methyl sites for hydroxylation is 1. The topological polar surface area (TPSA) is 56.1 Å². The predicted octanol–water partition coefficient (Wildman–Crippen LogP) is 6.75. The molecule has 32 heavy (non-hydrogen) atoms. The van der Waals surface area contributed by atoms with Crippen molar-refractivity contribution in [2.24, 2.45) is 0 Å². The summed E-state index contributed by atoms with van der Waals surface area (Å²) in [4.78, 5) is 13.2. The van der Waals surface area contributed by atoms with Gasteiger partial charge in [-0.1, -0.05) is 41.4 Å². The van der Waals surface area contributed by atoms with E-state index >= 15 is 0 Å². The van der Waals surface area contributed by atoms with E-state index in [1.165, 1.54) is 16.9 Å². The second-order valence-corrected chi connectivity index (χ2v) is 9.13. The number of rotatable bonds is 7. The zero-order chi connectivity index (χ0) is 22.7. The van der Waals surface area contributed by atoms with Crippen molar-refractivity contribution in [1.29, 1.82) is 0 Å². The Morgan fingerprint density at radius 2 is 1.94 bits per heavy atom. The highest BCUT2D eigenvalue weighted by molar-refractivity contribution is 7.12. The molecule has 0 atom stereocenters. The van der Waals surface area contributed by atoms with Crippen LogP contribution in [0.1, 0.15) is 31.9 Å². The standard InChI is InChI=1S/C24H21Cl2N3O2S/c1-15-4-3-5-21(16(15)2)31-13-18-11-22(32-14-18)24(30)27-23-8-9-29(28-23)12-17-6-7-19(25)20(26)10-17/h3-11,14H,12-13H2,1-2H3,(H,27,28,30). The van der Waals surface area contributed by atoms with Crippen LogP contribution in [0.4, 0.5) is 5.82 Å². The maximum atomic E-state index is 12.6. The van der Waals surface area contributed by atoms with E-state index in [1.807, 2.05) is 36.6 Å². The van der Waals surface area contributed by atoms with Crippen LogP contribution in [-0.2, 0) is 13.2 Å². The molecule has 0 bridgehead atoms. The number of anilines is 1. The van der Waals surface area contributed by atoms with Gasteiger partial charge in [0.15, 0.2) is 5.82 Å². The Bertz CT molecular complexity index is 1270. The third kappa shape index (κ3) is 5.33. The molecule has 2 aromatic heterocycles. The molecular formula is C24H21Cl2N3O2S. The predicted molar refractivity (Wildman–Crippen MR) is 130 cm³/mol. The van der Waals surface area contributed by atoms with Gasteiger partial charge in [-0.3, -0.25) is 9.48 Å². The molecule has 2 aromatic carbocycles. The van der Waals surface area contributed by atoms with Gasteiger partial charge in [-0.15, -0.1) is 11.3 Å². The molecule has 4 aromatic rings. The second-order valence-electron chi connectivity index (χ2n) is 7.41. The van der Waals surface area contributed by atoms with Gasteiger partial charge in [-0.25, -0.2) is 0 Å². The van der Waals surface area contributed by atoms with E-state index in [0.29, 0.717) is 33.9 Å². The van der Waals surface area contributed by atoms with Gasteiger partial charge >= 0.3 is 0 Å². The number of hydrogen-bond acceptors (Lipinski definition) is 4. The van der Waals surface area contributed by atoms with Crippen LogP contribution >= 0.6 is 34.5 Å². The summed E-state index contributed by atoms with van der Waals surface area (Å²) < 4.78 is 7.66. The second kappa shape index (κ2) is 9.77. The van der Waals surface area contributed by atoms with Crippen LogP contribution in [0.3, 0.4) is 0 Å². The van der Waals surface area contributed by atoms with Crippen molar-refractivity contribution in [2.45, 2.75) is 27.0 Å². The van der Waals surface area contributed by atoms with E-state index in [2.05, 4.69) is 23.4 Å². The molecule has 0 aliphatic heterocycles. The Balaban J connectivity index is 1.35. The zero-order valence-electron chi connectivity index (χ0n) is 17.6. The number of nitrogens with one attached hydrogen (secondary N) is 1. The minimum Gasteiger partial charge on any atom is -0.489 e. The smallest absolute Gasteiger partial charge is 0.266 e. The molecule has 0 radical (unpaired) electrons. The molecule has 0 saturated heterocycles. The largest absolute Gasteiger partial charge is 0.489 e. The first-order valence-corrected chi connectivity index (χ1v) is 11.6. The molecule has 8 heteroatoms. The molecule has 0 unspecified atom stereocenters. The molecule has 4 rings (SSSR count). The summed E-state index contributed by atoms with van der Waals surface area (Å²) in [5, 5.41) is 10.2. The normalized spacial score (nSPS) is 10.9. The van der Waals surface area contributed by atoms with Crippen molar-refractivity contribution in [3.05, 3.63) is 97.3 Å². The number of carbonyl (C=O) groups is 1. The van der Waals surface area contributed by atoms with Crippen LogP contribution < -0.4 is 10.1 Å². The molecule has 0 spiro atoms. The summed E-state index contributed by atoms with van der Waals surface area (Å²) in [6.45, 7) is 5.02. The quantitative estimate of drug-likeness (QED) is 0.315. The maximum Gasteiger partial charge on any atom is 0.266 e. The minimum atomic E-state index is -0.201. The molecule has 5 nitrogen and oxygen atoms in total. The number of ether oxygens (including phenoxy) is 1. The van der Waals surface area contributed by atoms with Crippen LogP contribution in [-0.4, -0.2) is 15.7 Å². The van der Waals surface area contributed by atoms with Crippen LogP contribution in [0.25, 0.3) is 0 Å². The van der Waals surface area contributed by atoms with Crippen molar-refractivity contribution in [3.8, 4) is 5.75 Å². The lowest BCUT2D eigenvalue weighted by Crippen LogP contribution is -2.11. The average Bonchev–Trinajstić information content (AvgIpc) is 3.41. The number of hydrogen-bond donors (Lipinski definition) is 1. The molecule has 0 aliphatic rings. The van der Waals surface area contributed by atoms with Crippen molar-refractivity contribution in [2.75, 3.05) is 5.32 Å². The number of aromatic nitrogens is 2. The summed E-state index contributed by atoms with van der Waals surface area (Å²) in [6.07, 6.45) is 1.80. The highest BCUT2D eigenvalue weighted by Gasteiger charge is 2.12. The molecule has 2 heterocycles. The van der Waals surface area contributed by atoms with Crippen LogP contribution in [0.2, 0.25) is 10.0 Å². The monoisotopic (exact) mass is 485 g/mol. The van der Waals surface area contributed by atoms with Gasteiger partial charge in [-0.05, 0) is 60.2 Å². The first-order valence-electron chi connectivity index (χ1n) is 9.94. The Morgan fingerprint density at radius 1 is 1.09 bits per heavy atom. The Hall–Kier alpha value is -2.80. The van der Waals surface area contributed by atoms with E-state index in [-0.39, 0.29) is 5.91 Å². The number of benzene rings is 2. The fraction of sp³-hybridized carbons (Fsp3) is 0.167. The van der Waals surface area contributed by atoms with E-state index < -0.39 is 0 Å². The van der Waals surface area contributed by atoms with Gasteiger partial charge in [0.25, 0.3) is 5.91 Å². The van der Waals surface area contributed by atoms with Gasteiger partial charge in [0, 0.05) is 17.8 Å².